The highest BCUT2D eigenvalue weighted by atomic mass is 16.2. The molecule has 1 atom stereocenters. The Labute approximate surface area is 195 Å². The maximum atomic E-state index is 13.3. The molecule has 1 aromatic carbocycles. The lowest BCUT2D eigenvalue weighted by Gasteiger charge is -2.37. The molecule has 0 N–H and O–H groups in total. The zero-order valence-corrected chi connectivity index (χ0v) is 19.3. The molecule has 0 aliphatic carbocycles. The molecule has 6 heteroatoms. The number of nitrogens with zero attached hydrogens (tertiary/aromatic N) is 5. The van der Waals surface area contributed by atoms with Gasteiger partial charge in [-0.3, -0.25) is 9.78 Å². The highest BCUT2D eigenvalue weighted by Gasteiger charge is 2.32. The van der Waals surface area contributed by atoms with Gasteiger partial charge < -0.3 is 9.80 Å². The minimum absolute atomic E-state index is 0.0699. The second-order valence-electron chi connectivity index (χ2n) is 9.08. The van der Waals surface area contributed by atoms with Crippen LogP contribution in [0.25, 0.3) is 0 Å². The highest BCUT2D eigenvalue weighted by Crippen LogP contribution is 2.34. The van der Waals surface area contributed by atoms with Crippen molar-refractivity contribution in [3.63, 3.8) is 0 Å². The normalized spacial score (nSPS) is 18.2. The minimum atomic E-state index is -0.0699. The van der Waals surface area contributed by atoms with E-state index in [-0.39, 0.29) is 11.9 Å². The molecule has 0 radical (unpaired) electrons. The number of amides is 1. The fraction of sp³-hybridized carbons (Fsp3) is 0.407. The molecule has 6 nitrogen and oxygen atoms in total. The number of aryl methyl sites for hydroxylation is 1. The first kappa shape index (κ1) is 21.6. The molecule has 4 heterocycles. The lowest BCUT2D eigenvalue weighted by Crippen LogP contribution is -2.41. The fourth-order valence-electron chi connectivity index (χ4n) is 5.07. The Kier molecular flexibility index (Phi) is 6.33. The predicted octanol–water partition coefficient (Wildman–Crippen LogP) is 4.43. The lowest BCUT2D eigenvalue weighted by molar-refractivity contribution is -0.134. The fourth-order valence-corrected chi connectivity index (χ4v) is 5.07. The van der Waals surface area contributed by atoms with Crippen LogP contribution in [0.15, 0.2) is 54.7 Å². The molecule has 1 fully saturated rings. The summed E-state index contributed by atoms with van der Waals surface area (Å²) in [5, 5.41) is 0. The van der Waals surface area contributed by atoms with Crippen LogP contribution in [0.3, 0.4) is 0 Å². The number of carbonyl (C=O) groups is 1. The molecule has 5 rings (SSSR count). The molecular formula is C27H31N5O. The minimum Gasteiger partial charge on any atom is -0.352 e. The first-order chi connectivity index (χ1) is 16.2. The standard InChI is InChI=1S/C27H31N5O/c1-20-23-13-9-16-31(19-21-10-3-2-4-11-21)27(23)30-26(29-20)24-14-6-8-17-32(24)25(33)18-22-12-5-7-15-28-22/h2-5,7,10-12,15,24H,6,8-9,13-14,16-19H2,1H3. The second kappa shape index (κ2) is 9.69. The van der Waals surface area contributed by atoms with Gasteiger partial charge in [0, 0.05) is 42.8 Å². The van der Waals surface area contributed by atoms with E-state index in [4.69, 9.17) is 9.97 Å². The molecule has 1 unspecified atom stereocenters. The zero-order valence-electron chi connectivity index (χ0n) is 19.3. The maximum absolute atomic E-state index is 13.3. The molecule has 2 aliphatic heterocycles. The second-order valence-corrected chi connectivity index (χ2v) is 9.08. The number of carbonyl (C=O) groups excluding carboxylic acids is 1. The summed E-state index contributed by atoms with van der Waals surface area (Å²) in [6, 6.07) is 16.2. The average molecular weight is 442 g/mol. The number of rotatable bonds is 5. The summed E-state index contributed by atoms with van der Waals surface area (Å²) < 4.78 is 0. The van der Waals surface area contributed by atoms with E-state index >= 15 is 0 Å². The van der Waals surface area contributed by atoms with Crippen LogP contribution in [-0.2, 0) is 24.2 Å². The number of piperidine rings is 1. The topological polar surface area (TPSA) is 62.2 Å². The summed E-state index contributed by atoms with van der Waals surface area (Å²) in [4.78, 5) is 32.0. The monoisotopic (exact) mass is 441 g/mol. The van der Waals surface area contributed by atoms with Crippen molar-refractivity contribution in [1.29, 1.82) is 0 Å². The molecule has 0 bridgehead atoms. The molecule has 2 aromatic heterocycles. The van der Waals surface area contributed by atoms with Gasteiger partial charge in [0.05, 0.1) is 12.5 Å². The van der Waals surface area contributed by atoms with Gasteiger partial charge in [-0.2, -0.15) is 0 Å². The quantitative estimate of drug-likeness (QED) is 0.586. The molecule has 170 valence electrons. The van der Waals surface area contributed by atoms with Crippen molar-refractivity contribution in [2.45, 2.75) is 58.0 Å². The van der Waals surface area contributed by atoms with Crippen LogP contribution in [0.1, 0.15) is 60.1 Å². The van der Waals surface area contributed by atoms with Gasteiger partial charge in [0.2, 0.25) is 5.91 Å². The van der Waals surface area contributed by atoms with Gasteiger partial charge in [-0.25, -0.2) is 9.97 Å². The molecule has 0 spiro atoms. The molecule has 1 saturated heterocycles. The summed E-state index contributed by atoms with van der Waals surface area (Å²) in [5.74, 6) is 1.95. The van der Waals surface area contributed by atoms with E-state index < -0.39 is 0 Å². The highest BCUT2D eigenvalue weighted by molar-refractivity contribution is 5.79. The molecule has 1 amide bonds. The first-order valence-corrected chi connectivity index (χ1v) is 12.0. The van der Waals surface area contributed by atoms with Gasteiger partial charge in [0.25, 0.3) is 0 Å². The van der Waals surface area contributed by atoms with E-state index in [1.807, 2.05) is 23.1 Å². The number of fused-ring (bicyclic) bond motifs is 1. The number of pyridine rings is 1. The van der Waals surface area contributed by atoms with Crippen molar-refractivity contribution in [3.8, 4) is 0 Å². The van der Waals surface area contributed by atoms with Crippen LogP contribution in [0.5, 0.6) is 0 Å². The van der Waals surface area contributed by atoms with Crippen LogP contribution in [0, 0.1) is 6.92 Å². The van der Waals surface area contributed by atoms with Crippen molar-refractivity contribution in [3.05, 3.63) is 83.1 Å². The van der Waals surface area contributed by atoms with Crippen LogP contribution in [0.2, 0.25) is 0 Å². The Morgan fingerprint density at radius 1 is 1.00 bits per heavy atom. The van der Waals surface area contributed by atoms with E-state index in [9.17, 15) is 4.79 Å². The number of aromatic nitrogens is 3. The van der Waals surface area contributed by atoms with Crippen LogP contribution in [0.4, 0.5) is 5.82 Å². The summed E-state index contributed by atoms with van der Waals surface area (Å²) in [6.07, 6.45) is 7.21. The van der Waals surface area contributed by atoms with E-state index in [1.54, 1.807) is 6.20 Å². The Hall–Kier alpha value is -3.28. The van der Waals surface area contributed by atoms with Crippen molar-refractivity contribution in [1.82, 2.24) is 19.9 Å². The number of anilines is 1. The SMILES string of the molecule is Cc1nc(C2CCCCN2C(=O)Cc2ccccn2)nc2c1CCCN2Cc1ccccc1. The molecular weight excluding hydrogens is 410 g/mol. The van der Waals surface area contributed by atoms with E-state index in [0.29, 0.717) is 6.42 Å². The third-order valence-corrected chi connectivity index (χ3v) is 6.76. The van der Waals surface area contributed by atoms with Crippen molar-refractivity contribution < 1.29 is 4.79 Å². The Balaban J connectivity index is 1.43. The average Bonchev–Trinajstić information content (AvgIpc) is 2.86. The van der Waals surface area contributed by atoms with Crippen molar-refractivity contribution >= 4 is 11.7 Å². The largest absolute Gasteiger partial charge is 0.352 e. The number of benzene rings is 1. The van der Waals surface area contributed by atoms with E-state index in [2.05, 4.69) is 47.1 Å². The summed E-state index contributed by atoms with van der Waals surface area (Å²) in [7, 11) is 0. The maximum Gasteiger partial charge on any atom is 0.229 e. The van der Waals surface area contributed by atoms with Gasteiger partial charge in [-0.05, 0) is 56.7 Å². The lowest BCUT2D eigenvalue weighted by atomic mass is 9.98. The molecule has 2 aliphatic rings. The van der Waals surface area contributed by atoms with Crippen molar-refractivity contribution in [2.75, 3.05) is 18.0 Å². The van der Waals surface area contributed by atoms with Crippen molar-refractivity contribution in [2.24, 2.45) is 0 Å². The third-order valence-electron chi connectivity index (χ3n) is 6.76. The number of likely N-dealkylation sites (tertiary alicyclic amines) is 1. The Bertz CT molecular complexity index is 1100. The zero-order chi connectivity index (χ0) is 22.6. The van der Waals surface area contributed by atoms with Gasteiger partial charge >= 0.3 is 0 Å². The van der Waals surface area contributed by atoms with Crippen LogP contribution >= 0.6 is 0 Å². The number of hydrogen-bond donors (Lipinski definition) is 0. The summed E-state index contributed by atoms with van der Waals surface area (Å²) >= 11 is 0. The van der Waals surface area contributed by atoms with E-state index in [0.717, 1.165) is 74.8 Å². The Morgan fingerprint density at radius 2 is 1.85 bits per heavy atom. The van der Waals surface area contributed by atoms with Gasteiger partial charge in [-0.15, -0.1) is 0 Å². The molecule has 0 saturated carbocycles. The van der Waals surface area contributed by atoms with Gasteiger partial charge in [0.1, 0.15) is 5.82 Å². The molecule has 3 aromatic rings. The predicted molar refractivity (Wildman–Crippen MR) is 129 cm³/mol. The van der Waals surface area contributed by atoms with Gasteiger partial charge in [0.15, 0.2) is 5.82 Å². The van der Waals surface area contributed by atoms with Crippen LogP contribution in [-0.4, -0.2) is 38.8 Å². The third kappa shape index (κ3) is 4.75. The molecule has 33 heavy (non-hydrogen) atoms. The smallest absolute Gasteiger partial charge is 0.229 e. The van der Waals surface area contributed by atoms with Crippen LogP contribution < -0.4 is 4.90 Å². The Morgan fingerprint density at radius 3 is 2.67 bits per heavy atom. The van der Waals surface area contributed by atoms with Gasteiger partial charge in [-0.1, -0.05) is 36.4 Å². The summed E-state index contributed by atoms with van der Waals surface area (Å²) in [6.45, 7) is 4.68. The first-order valence-electron chi connectivity index (χ1n) is 12.0. The summed E-state index contributed by atoms with van der Waals surface area (Å²) in [5.41, 5.74) is 4.40. The number of hydrogen-bond acceptors (Lipinski definition) is 5. The van der Waals surface area contributed by atoms with E-state index in [1.165, 1.54) is 11.1 Å².